The molecule has 128 valence electrons. The van der Waals surface area contributed by atoms with Crippen LogP contribution in [0.3, 0.4) is 0 Å². The van der Waals surface area contributed by atoms with Crippen molar-refractivity contribution in [2.75, 3.05) is 10.6 Å². The van der Waals surface area contributed by atoms with Gasteiger partial charge in [-0.1, -0.05) is 23.2 Å². The zero-order valence-electron chi connectivity index (χ0n) is 12.6. The Morgan fingerprint density at radius 1 is 0.920 bits per heavy atom. The fourth-order valence-electron chi connectivity index (χ4n) is 1.82. The predicted molar refractivity (Wildman–Crippen MR) is 96.3 cm³/mol. The van der Waals surface area contributed by atoms with Gasteiger partial charge in [0.1, 0.15) is 0 Å². The quantitative estimate of drug-likeness (QED) is 0.688. The molecule has 0 radical (unpaired) electrons. The highest BCUT2D eigenvalue weighted by Gasteiger charge is 2.09. The van der Waals surface area contributed by atoms with E-state index in [-0.39, 0.29) is 10.9 Å². The molecule has 0 unspecified atom stereocenters. The second-order valence-corrected chi connectivity index (χ2v) is 5.66. The predicted octanol–water partition coefficient (Wildman–Crippen LogP) is 3.83. The van der Waals surface area contributed by atoms with E-state index in [9.17, 15) is 14.4 Å². The topological polar surface area (TPSA) is 95.5 Å². The molecule has 2 amide bonds. The van der Waals surface area contributed by atoms with E-state index in [0.717, 1.165) is 12.2 Å². The number of carbonyl (C=O) groups is 3. The molecule has 2 aromatic carbocycles. The molecule has 6 nitrogen and oxygen atoms in total. The van der Waals surface area contributed by atoms with E-state index in [1.54, 1.807) is 24.3 Å². The Morgan fingerprint density at radius 2 is 1.60 bits per heavy atom. The molecule has 25 heavy (non-hydrogen) atoms. The molecule has 0 bridgehead atoms. The van der Waals surface area contributed by atoms with Crippen molar-refractivity contribution in [2.24, 2.45) is 0 Å². The van der Waals surface area contributed by atoms with Gasteiger partial charge >= 0.3 is 5.97 Å². The molecule has 3 N–H and O–H groups in total. The van der Waals surface area contributed by atoms with Gasteiger partial charge in [-0.3, -0.25) is 9.59 Å². The van der Waals surface area contributed by atoms with Gasteiger partial charge in [0, 0.05) is 28.4 Å². The first-order valence-corrected chi connectivity index (χ1v) is 7.69. The van der Waals surface area contributed by atoms with Crippen molar-refractivity contribution >= 4 is 52.4 Å². The molecule has 8 heteroatoms. The molecule has 0 aromatic heterocycles. The Morgan fingerprint density at radius 3 is 2.20 bits per heavy atom. The third kappa shape index (κ3) is 5.63. The molecule has 2 aromatic rings. The summed E-state index contributed by atoms with van der Waals surface area (Å²) in [4.78, 5) is 34.0. The van der Waals surface area contributed by atoms with Gasteiger partial charge in [0.25, 0.3) is 5.91 Å². The minimum atomic E-state index is -1.23. The third-order valence-corrected chi connectivity index (χ3v) is 3.53. The van der Waals surface area contributed by atoms with E-state index >= 15 is 0 Å². The highest BCUT2D eigenvalue weighted by atomic mass is 35.5. The number of anilines is 2. The number of carbonyl (C=O) groups excluding carboxylic acids is 2. The second-order valence-electron chi connectivity index (χ2n) is 4.82. The SMILES string of the molecule is O=C(O)/C=C/C(=O)Nc1ccc(NC(=O)c2ccc(Cl)cc2)c(Cl)c1. The maximum atomic E-state index is 12.1. The van der Waals surface area contributed by atoms with Gasteiger partial charge in [0.15, 0.2) is 0 Å². The van der Waals surface area contributed by atoms with Crippen LogP contribution < -0.4 is 10.6 Å². The normalized spacial score (nSPS) is 10.5. The lowest BCUT2D eigenvalue weighted by molar-refractivity contribution is -0.131. The molecule has 0 saturated carbocycles. The van der Waals surface area contributed by atoms with Gasteiger partial charge in [-0.15, -0.1) is 0 Å². The van der Waals surface area contributed by atoms with E-state index < -0.39 is 11.9 Å². The van der Waals surface area contributed by atoms with Gasteiger partial charge < -0.3 is 15.7 Å². The number of hydrogen-bond acceptors (Lipinski definition) is 3. The van der Waals surface area contributed by atoms with E-state index in [4.69, 9.17) is 28.3 Å². The molecule has 0 atom stereocenters. The summed E-state index contributed by atoms with van der Waals surface area (Å²) < 4.78 is 0. The molecule has 0 aliphatic heterocycles. The highest BCUT2D eigenvalue weighted by Crippen LogP contribution is 2.26. The van der Waals surface area contributed by atoms with Crippen molar-refractivity contribution in [3.05, 3.63) is 70.2 Å². The van der Waals surface area contributed by atoms with Crippen LogP contribution in [0.4, 0.5) is 11.4 Å². The maximum absolute atomic E-state index is 12.1. The summed E-state index contributed by atoms with van der Waals surface area (Å²) in [5, 5.41) is 14.3. The Labute approximate surface area is 153 Å². The first kappa shape index (κ1) is 18.5. The van der Waals surface area contributed by atoms with Gasteiger partial charge in [0.2, 0.25) is 5.91 Å². The van der Waals surface area contributed by atoms with E-state index in [2.05, 4.69) is 10.6 Å². The van der Waals surface area contributed by atoms with Crippen LogP contribution in [-0.4, -0.2) is 22.9 Å². The number of benzene rings is 2. The van der Waals surface area contributed by atoms with E-state index in [1.807, 2.05) is 0 Å². The average molecular weight is 379 g/mol. The lowest BCUT2D eigenvalue weighted by atomic mass is 10.2. The van der Waals surface area contributed by atoms with Gasteiger partial charge in [0.05, 0.1) is 10.7 Å². The minimum absolute atomic E-state index is 0.210. The smallest absolute Gasteiger partial charge is 0.328 e. The summed E-state index contributed by atoms with van der Waals surface area (Å²) in [6.45, 7) is 0. The zero-order chi connectivity index (χ0) is 18.4. The summed E-state index contributed by atoms with van der Waals surface area (Å²) in [5.74, 6) is -2.20. The van der Waals surface area contributed by atoms with Crippen molar-refractivity contribution in [1.29, 1.82) is 0 Å². The monoisotopic (exact) mass is 378 g/mol. The largest absolute Gasteiger partial charge is 0.478 e. The van der Waals surface area contributed by atoms with E-state index in [1.165, 1.54) is 18.2 Å². The number of nitrogens with one attached hydrogen (secondary N) is 2. The molecule has 0 saturated heterocycles. The Bertz CT molecular complexity index is 848. The summed E-state index contributed by atoms with van der Waals surface area (Å²) in [5.41, 5.74) is 1.13. The standard InChI is InChI=1S/C17H12Cl2N2O4/c18-11-3-1-10(2-4-11)17(25)21-14-6-5-12(9-13(14)19)20-15(22)7-8-16(23)24/h1-9H,(H,20,22)(H,21,25)(H,23,24)/b8-7+. The number of hydrogen-bond donors (Lipinski definition) is 3. The molecule has 0 aliphatic rings. The van der Waals surface area contributed by atoms with Crippen LogP contribution in [0.25, 0.3) is 0 Å². The maximum Gasteiger partial charge on any atom is 0.328 e. The Balaban J connectivity index is 2.06. The van der Waals surface area contributed by atoms with Crippen molar-refractivity contribution in [3.8, 4) is 0 Å². The zero-order valence-corrected chi connectivity index (χ0v) is 14.1. The number of rotatable bonds is 5. The van der Waals surface area contributed by atoms with Crippen molar-refractivity contribution < 1.29 is 19.5 Å². The van der Waals surface area contributed by atoms with E-state index in [0.29, 0.717) is 22.0 Å². The van der Waals surface area contributed by atoms with Crippen LogP contribution in [0, 0.1) is 0 Å². The van der Waals surface area contributed by atoms with Crippen LogP contribution in [0.15, 0.2) is 54.6 Å². The lowest BCUT2D eigenvalue weighted by Gasteiger charge is -2.09. The molecular formula is C17H12Cl2N2O4. The Hall–Kier alpha value is -2.83. The van der Waals surface area contributed by atoms with Crippen LogP contribution in [0.2, 0.25) is 10.0 Å². The summed E-state index contributed by atoms with van der Waals surface area (Å²) in [6.07, 6.45) is 1.60. The van der Waals surface area contributed by atoms with Crippen LogP contribution >= 0.6 is 23.2 Å². The van der Waals surface area contributed by atoms with Gasteiger partial charge in [-0.25, -0.2) is 4.79 Å². The van der Waals surface area contributed by atoms with Gasteiger partial charge in [-0.05, 0) is 42.5 Å². The molecule has 0 heterocycles. The molecule has 0 aliphatic carbocycles. The fraction of sp³-hybridized carbons (Fsp3) is 0. The highest BCUT2D eigenvalue weighted by molar-refractivity contribution is 6.34. The first-order valence-electron chi connectivity index (χ1n) is 6.93. The number of amides is 2. The lowest BCUT2D eigenvalue weighted by Crippen LogP contribution is -2.12. The van der Waals surface area contributed by atoms with Crippen LogP contribution in [0.1, 0.15) is 10.4 Å². The summed E-state index contributed by atoms with van der Waals surface area (Å²) in [6, 6.07) is 10.8. The third-order valence-electron chi connectivity index (χ3n) is 2.97. The van der Waals surface area contributed by atoms with Crippen LogP contribution in [0.5, 0.6) is 0 Å². The molecule has 0 fully saturated rings. The first-order chi connectivity index (χ1) is 11.8. The van der Waals surface area contributed by atoms with Crippen molar-refractivity contribution in [3.63, 3.8) is 0 Å². The Kier molecular flexibility index (Phi) is 6.16. The molecular weight excluding hydrogens is 367 g/mol. The number of carboxylic acid groups (broad SMARTS) is 1. The number of carboxylic acids is 1. The minimum Gasteiger partial charge on any atom is -0.478 e. The summed E-state index contributed by atoms with van der Waals surface area (Å²) in [7, 11) is 0. The fourth-order valence-corrected chi connectivity index (χ4v) is 2.17. The molecule has 2 rings (SSSR count). The number of aliphatic carboxylic acids is 1. The van der Waals surface area contributed by atoms with Crippen molar-refractivity contribution in [1.82, 2.24) is 0 Å². The summed E-state index contributed by atoms with van der Waals surface area (Å²) >= 11 is 11.9. The number of halogens is 2. The van der Waals surface area contributed by atoms with Gasteiger partial charge in [-0.2, -0.15) is 0 Å². The second kappa shape index (κ2) is 8.32. The van der Waals surface area contributed by atoms with Crippen LogP contribution in [-0.2, 0) is 9.59 Å². The molecule has 0 spiro atoms. The average Bonchev–Trinajstić information content (AvgIpc) is 2.56. The van der Waals surface area contributed by atoms with Crippen molar-refractivity contribution in [2.45, 2.75) is 0 Å².